The number of hydrogen-bond donors (Lipinski definition) is 0. The summed E-state index contributed by atoms with van der Waals surface area (Å²) in [5, 5.41) is -0.913. The van der Waals surface area contributed by atoms with Gasteiger partial charge in [-0.3, -0.25) is 9.59 Å². The van der Waals surface area contributed by atoms with Crippen LogP contribution in [0.5, 0.6) is 0 Å². The van der Waals surface area contributed by atoms with Crippen LogP contribution in [0.1, 0.15) is 20.7 Å². The molecule has 0 aliphatic rings. The molecule has 0 aromatic heterocycles. The molecule has 2 aromatic rings. The molecule has 0 heterocycles. The fourth-order valence-electron chi connectivity index (χ4n) is 1.68. The summed E-state index contributed by atoms with van der Waals surface area (Å²) in [5.74, 6) is 0. The van der Waals surface area contributed by atoms with E-state index in [2.05, 4.69) is 0 Å². The standard InChI is InChI=1S/C14H8Cl2O6S4/c15-25(19,20)11-5-1-9(2-6-11)13(17)23-24-14(18)10-3-7-12(8-4-10)26(16,21)22/h1-8H. The first-order valence-corrected chi connectivity index (χ1v) is 13.3. The minimum absolute atomic E-state index is 0.140. The molecule has 0 N–H and O–H groups in total. The number of benzene rings is 2. The molecule has 2 rings (SSSR count). The average Bonchev–Trinajstić information content (AvgIpc) is 2.58. The van der Waals surface area contributed by atoms with Gasteiger partial charge in [0.05, 0.1) is 9.79 Å². The first kappa shape index (κ1) is 21.3. The Bertz CT molecular complexity index is 958. The Hall–Kier alpha value is -1.04. The predicted molar refractivity (Wildman–Crippen MR) is 103 cm³/mol. The van der Waals surface area contributed by atoms with Gasteiger partial charge >= 0.3 is 0 Å². The van der Waals surface area contributed by atoms with Gasteiger partial charge in [0.1, 0.15) is 0 Å². The molecule has 0 radical (unpaired) electrons. The van der Waals surface area contributed by atoms with Crippen molar-refractivity contribution in [1.29, 1.82) is 0 Å². The lowest BCUT2D eigenvalue weighted by atomic mass is 10.2. The first-order chi connectivity index (χ1) is 12.0. The molecule has 0 amide bonds. The summed E-state index contributed by atoms with van der Waals surface area (Å²) in [6, 6.07) is 9.90. The zero-order chi connectivity index (χ0) is 19.5. The maximum absolute atomic E-state index is 12.0. The van der Waals surface area contributed by atoms with Crippen LogP contribution in [0.15, 0.2) is 58.3 Å². The van der Waals surface area contributed by atoms with Crippen LogP contribution in [0.3, 0.4) is 0 Å². The molecular formula is C14H8Cl2O6S4. The van der Waals surface area contributed by atoms with E-state index in [0.717, 1.165) is 0 Å². The first-order valence-electron chi connectivity index (χ1n) is 6.51. The highest BCUT2D eigenvalue weighted by Crippen LogP contribution is 2.30. The lowest BCUT2D eigenvalue weighted by molar-refractivity contribution is 0.107. The van der Waals surface area contributed by atoms with Gasteiger partial charge in [0.25, 0.3) is 18.1 Å². The van der Waals surface area contributed by atoms with Gasteiger partial charge in [0.15, 0.2) is 0 Å². The van der Waals surface area contributed by atoms with Gasteiger partial charge in [0, 0.05) is 32.5 Å². The molecule has 138 valence electrons. The van der Waals surface area contributed by atoms with E-state index in [1.807, 2.05) is 0 Å². The van der Waals surface area contributed by atoms with Crippen molar-refractivity contribution in [3.8, 4) is 0 Å². The third-order valence-corrected chi connectivity index (χ3v) is 7.69. The van der Waals surface area contributed by atoms with Crippen molar-refractivity contribution in [2.24, 2.45) is 0 Å². The van der Waals surface area contributed by atoms with Crippen LogP contribution in [-0.2, 0) is 18.1 Å². The molecule has 0 aliphatic heterocycles. The second-order valence-electron chi connectivity index (χ2n) is 4.67. The number of hydrogen-bond acceptors (Lipinski definition) is 8. The number of carbonyl (C=O) groups is 2. The molecule has 2 aromatic carbocycles. The SMILES string of the molecule is O=C(SSC(=O)c1ccc(S(=O)(=O)Cl)cc1)c1ccc(S(=O)(=O)Cl)cc1. The second-order valence-corrected chi connectivity index (χ2v) is 11.9. The normalized spacial score (nSPS) is 11.9. The number of rotatable bonds is 4. The van der Waals surface area contributed by atoms with Crippen molar-refractivity contribution < 1.29 is 26.4 Å². The van der Waals surface area contributed by atoms with Gasteiger partial charge in [-0.15, -0.1) is 0 Å². The molecule has 0 saturated carbocycles. The Morgan fingerprint density at radius 2 is 0.885 bits per heavy atom. The molecule has 0 atom stereocenters. The fourth-order valence-corrected chi connectivity index (χ4v) is 4.87. The lowest BCUT2D eigenvalue weighted by Gasteiger charge is -2.02. The van der Waals surface area contributed by atoms with Gasteiger partial charge in [-0.25, -0.2) is 16.8 Å². The van der Waals surface area contributed by atoms with Crippen molar-refractivity contribution in [2.75, 3.05) is 0 Å². The van der Waals surface area contributed by atoms with E-state index in [1.54, 1.807) is 0 Å². The zero-order valence-corrected chi connectivity index (χ0v) is 17.2. The highest BCUT2D eigenvalue weighted by Gasteiger charge is 2.16. The molecule has 12 heteroatoms. The lowest BCUT2D eigenvalue weighted by Crippen LogP contribution is -1.97. The van der Waals surface area contributed by atoms with Gasteiger partial charge in [0.2, 0.25) is 10.2 Å². The molecule has 0 bridgehead atoms. The third-order valence-electron chi connectivity index (χ3n) is 2.94. The summed E-state index contributed by atoms with van der Waals surface area (Å²) in [7, 11) is 3.93. The number of carbonyl (C=O) groups excluding carboxylic acids is 2. The van der Waals surface area contributed by atoms with Gasteiger partial charge in [-0.1, -0.05) is 0 Å². The molecule has 6 nitrogen and oxygen atoms in total. The van der Waals surface area contributed by atoms with Crippen LogP contribution in [0.4, 0.5) is 0 Å². The summed E-state index contributed by atoms with van der Waals surface area (Å²) in [5.41, 5.74) is 0.394. The van der Waals surface area contributed by atoms with Crippen LogP contribution >= 0.6 is 43.0 Å². The summed E-state index contributed by atoms with van der Waals surface area (Å²) >= 11 is 0. The van der Waals surface area contributed by atoms with Gasteiger partial charge < -0.3 is 0 Å². The van der Waals surface area contributed by atoms with Crippen LogP contribution < -0.4 is 0 Å². The second kappa shape index (κ2) is 8.32. The summed E-state index contributed by atoms with van der Waals surface area (Å²) in [6.45, 7) is 0. The molecule has 0 aliphatic carbocycles. The van der Waals surface area contributed by atoms with Crippen molar-refractivity contribution in [3.05, 3.63) is 59.7 Å². The Morgan fingerprint density at radius 1 is 0.615 bits per heavy atom. The molecule has 0 unspecified atom stereocenters. The number of halogens is 2. The highest BCUT2D eigenvalue weighted by molar-refractivity contribution is 8.87. The van der Waals surface area contributed by atoms with Crippen molar-refractivity contribution >= 4 is 71.3 Å². The van der Waals surface area contributed by atoms with E-state index in [0.29, 0.717) is 21.6 Å². The van der Waals surface area contributed by atoms with E-state index < -0.39 is 28.3 Å². The van der Waals surface area contributed by atoms with E-state index in [4.69, 9.17) is 21.4 Å². The maximum atomic E-state index is 12.0. The average molecular weight is 471 g/mol. The largest absolute Gasteiger partial charge is 0.281 e. The minimum Gasteiger partial charge on any atom is -0.281 e. The van der Waals surface area contributed by atoms with Crippen molar-refractivity contribution in [2.45, 2.75) is 9.79 Å². The smallest absolute Gasteiger partial charge is 0.261 e. The fraction of sp³-hybridized carbons (Fsp3) is 0. The molecule has 0 fully saturated rings. The third kappa shape index (κ3) is 5.73. The van der Waals surface area contributed by atoms with Gasteiger partial charge in [-0.2, -0.15) is 0 Å². The van der Waals surface area contributed by atoms with E-state index in [-0.39, 0.29) is 20.9 Å². The minimum atomic E-state index is -3.88. The zero-order valence-electron chi connectivity index (χ0n) is 12.5. The monoisotopic (exact) mass is 470 g/mol. The highest BCUT2D eigenvalue weighted by atomic mass is 35.7. The van der Waals surface area contributed by atoms with Crippen LogP contribution in [-0.4, -0.2) is 27.1 Å². The van der Waals surface area contributed by atoms with Crippen molar-refractivity contribution in [1.82, 2.24) is 0 Å². The summed E-state index contributed by atoms with van der Waals surface area (Å²) < 4.78 is 44.6. The molecule has 0 saturated heterocycles. The summed E-state index contributed by atoms with van der Waals surface area (Å²) in [6.07, 6.45) is 0. The Labute approximate surface area is 166 Å². The molecular weight excluding hydrogens is 463 g/mol. The Morgan fingerprint density at radius 3 is 1.12 bits per heavy atom. The molecule has 26 heavy (non-hydrogen) atoms. The summed E-state index contributed by atoms with van der Waals surface area (Å²) in [4.78, 5) is 23.8. The van der Waals surface area contributed by atoms with Gasteiger partial charge in [-0.05, 0) is 70.1 Å². The van der Waals surface area contributed by atoms with Crippen LogP contribution in [0.25, 0.3) is 0 Å². The van der Waals surface area contributed by atoms with Crippen LogP contribution in [0.2, 0.25) is 0 Å². The van der Waals surface area contributed by atoms with E-state index in [1.165, 1.54) is 48.5 Å². The Kier molecular flexibility index (Phi) is 6.81. The van der Waals surface area contributed by atoms with E-state index >= 15 is 0 Å². The Balaban J connectivity index is 2.01. The topological polar surface area (TPSA) is 102 Å². The quantitative estimate of drug-likeness (QED) is 0.489. The molecule has 0 spiro atoms. The van der Waals surface area contributed by atoms with Crippen LogP contribution in [0, 0.1) is 0 Å². The van der Waals surface area contributed by atoms with Crippen molar-refractivity contribution in [3.63, 3.8) is 0 Å². The predicted octanol–water partition coefficient (Wildman–Crippen LogP) is 3.90. The van der Waals surface area contributed by atoms with E-state index in [9.17, 15) is 26.4 Å². The maximum Gasteiger partial charge on any atom is 0.261 e.